The molecule has 2 aromatic rings. The molecule has 1 saturated carbocycles. The van der Waals surface area contributed by atoms with Crippen LogP contribution in [-0.2, 0) is 16.1 Å². The molecule has 1 aliphatic carbocycles. The Morgan fingerprint density at radius 1 is 1.11 bits per heavy atom. The maximum Gasteiger partial charge on any atom is 0.338 e. The summed E-state index contributed by atoms with van der Waals surface area (Å²) in [6.07, 6.45) is 3.61. The second kappa shape index (κ2) is 7.84. The lowest BCUT2D eigenvalue weighted by atomic mass is 9.85. The minimum atomic E-state index is -0.613. The third-order valence-electron chi connectivity index (χ3n) is 5.69. The van der Waals surface area contributed by atoms with E-state index in [-0.39, 0.29) is 5.97 Å². The minimum Gasteiger partial charge on any atom is -0.465 e. The Bertz CT molecular complexity index is 838. The van der Waals surface area contributed by atoms with E-state index in [4.69, 9.17) is 18.9 Å². The molecule has 0 radical (unpaired) electrons. The molecule has 2 aromatic carbocycles. The summed E-state index contributed by atoms with van der Waals surface area (Å²) in [5, 5.41) is 0. The molecule has 5 heteroatoms. The standard InChI is InChI=1S/C23H26O5/c1-16-19(22(24)25-2)8-9-20-21(16)28-23(27-20)12-10-18(11-13-23)15-26-14-17-6-4-3-5-7-17/h3-9,18H,10-15H2,1-2H3. The highest BCUT2D eigenvalue weighted by atomic mass is 16.7. The van der Waals surface area contributed by atoms with E-state index in [2.05, 4.69) is 12.1 Å². The number of benzene rings is 2. The first-order valence-corrected chi connectivity index (χ1v) is 9.82. The molecule has 1 spiro atoms. The smallest absolute Gasteiger partial charge is 0.338 e. The number of fused-ring (bicyclic) bond motifs is 1. The monoisotopic (exact) mass is 382 g/mol. The van der Waals surface area contributed by atoms with Gasteiger partial charge >= 0.3 is 5.97 Å². The zero-order chi connectivity index (χ0) is 19.6. The third-order valence-corrected chi connectivity index (χ3v) is 5.69. The molecule has 28 heavy (non-hydrogen) atoms. The van der Waals surface area contributed by atoms with Gasteiger partial charge in [0.05, 0.1) is 19.3 Å². The van der Waals surface area contributed by atoms with Gasteiger partial charge in [-0.2, -0.15) is 0 Å². The molecule has 5 nitrogen and oxygen atoms in total. The van der Waals surface area contributed by atoms with Crippen molar-refractivity contribution in [1.82, 2.24) is 0 Å². The van der Waals surface area contributed by atoms with Gasteiger partial charge in [0.1, 0.15) is 0 Å². The SMILES string of the molecule is COC(=O)c1ccc2c(c1C)OC1(CCC(COCc3ccccc3)CC1)O2. The first kappa shape index (κ1) is 18.8. The van der Waals surface area contributed by atoms with Crippen molar-refractivity contribution in [3.8, 4) is 11.5 Å². The Morgan fingerprint density at radius 2 is 1.86 bits per heavy atom. The Balaban J connectivity index is 1.33. The van der Waals surface area contributed by atoms with Crippen molar-refractivity contribution >= 4 is 5.97 Å². The molecule has 1 fully saturated rings. The van der Waals surface area contributed by atoms with Gasteiger partial charge in [-0.25, -0.2) is 4.79 Å². The van der Waals surface area contributed by atoms with Crippen molar-refractivity contribution in [3.05, 3.63) is 59.2 Å². The van der Waals surface area contributed by atoms with Gasteiger partial charge in [0.2, 0.25) is 0 Å². The molecule has 1 heterocycles. The second-order valence-electron chi connectivity index (χ2n) is 7.62. The topological polar surface area (TPSA) is 54.0 Å². The number of carbonyl (C=O) groups excluding carboxylic acids is 1. The van der Waals surface area contributed by atoms with Gasteiger partial charge in [-0.05, 0) is 43.4 Å². The second-order valence-corrected chi connectivity index (χ2v) is 7.62. The van der Waals surface area contributed by atoms with E-state index >= 15 is 0 Å². The molecule has 0 bridgehead atoms. The summed E-state index contributed by atoms with van der Waals surface area (Å²) in [4.78, 5) is 11.9. The van der Waals surface area contributed by atoms with Crippen molar-refractivity contribution in [1.29, 1.82) is 0 Å². The van der Waals surface area contributed by atoms with Gasteiger partial charge in [-0.15, -0.1) is 0 Å². The molecule has 0 amide bonds. The number of hydrogen-bond donors (Lipinski definition) is 0. The highest BCUT2D eigenvalue weighted by Crippen LogP contribution is 2.48. The summed E-state index contributed by atoms with van der Waals surface area (Å²) in [6, 6.07) is 13.8. The molecular weight excluding hydrogens is 356 g/mol. The van der Waals surface area contributed by atoms with E-state index < -0.39 is 5.79 Å². The van der Waals surface area contributed by atoms with Crippen LogP contribution in [0.5, 0.6) is 11.5 Å². The van der Waals surface area contributed by atoms with Gasteiger partial charge < -0.3 is 18.9 Å². The largest absolute Gasteiger partial charge is 0.465 e. The molecule has 2 aliphatic rings. The highest BCUT2D eigenvalue weighted by molar-refractivity contribution is 5.92. The predicted molar refractivity (Wildman–Crippen MR) is 105 cm³/mol. The normalized spacial score (nSPS) is 23.0. The predicted octanol–water partition coefficient (Wildman–Crippen LogP) is 4.66. The molecule has 0 saturated heterocycles. The first-order valence-electron chi connectivity index (χ1n) is 9.82. The van der Waals surface area contributed by atoms with Crippen LogP contribution in [0, 0.1) is 12.8 Å². The van der Waals surface area contributed by atoms with Crippen LogP contribution in [0.3, 0.4) is 0 Å². The fourth-order valence-corrected chi connectivity index (χ4v) is 4.02. The summed E-state index contributed by atoms with van der Waals surface area (Å²) in [5.41, 5.74) is 2.49. The number of rotatable bonds is 5. The Kier molecular flexibility index (Phi) is 5.27. The summed E-state index contributed by atoms with van der Waals surface area (Å²) in [6.45, 7) is 3.27. The van der Waals surface area contributed by atoms with Crippen molar-refractivity contribution < 1.29 is 23.7 Å². The molecule has 0 unspecified atom stereocenters. The molecule has 148 valence electrons. The number of esters is 1. The lowest BCUT2D eigenvalue weighted by Gasteiger charge is -2.35. The maximum absolute atomic E-state index is 11.9. The summed E-state index contributed by atoms with van der Waals surface area (Å²) < 4.78 is 23.2. The van der Waals surface area contributed by atoms with Crippen molar-refractivity contribution in [2.24, 2.45) is 5.92 Å². The molecule has 0 N–H and O–H groups in total. The van der Waals surface area contributed by atoms with Crippen LogP contribution in [0.1, 0.15) is 47.2 Å². The van der Waals surface area contributed by atoms with Crippen LogP contribution in [-0.4, -0.2) is 25.5 Å². The molecule has 0 aromatic heterocycles. The van der Waals surface area contributed by atoms with Gasteiger partial charge in [-0.3, -0.25) is 0 Å². The van der Waals surface area contributed by atoms with Gasteiger partial charge in [0.25, 0.3) is 5.79 Å². The lowest BCUT2D eigenvalue weighted by molar-refractivity contribution is -0.118. The fraction of sp³-hybridized carbons (Fsp3) is 0.435. The van der Waals surface area contributed by atoms with Crippen LogP contribution in [0.25, 0.3) is 0 Å². The van der Waals surface area contributed by atoms with E-state index in [0.29, 0.717) is 29.6 Å². The fourth-order valence-electron chi connectivity index (χ4n) is 4.02. The van der Waals surface area contributed by atoms with Gasteiger partial charge in [-0.1, -0.05) is 30.3 Å². The number of ether oxygens (including phenoxy) is 4. The van der Waals surface area contributed by atoms with Crippen molar-refractivity contribution in [2.75, 3.05) is 13.7 Å². The summed E-state index contributed by atoms with van der Waals surface area (Å²) in [5.74, 6) is 0.921. The van der Waals surface area contributed by atoms with Gasteiger partial charge in [0.15, 0.2) is 11.5 Å². The van der Waals surface area contributed by atoms with Crippen LogP contribution >= 0.6 is 0 Å². The lowest BCUT2D eigenvalue weighted by Crippen LogP contribution is -2.42. The molecule has 1 aliphatic heterocycles. The van der Waals surface area contributed by atoms with E-state index in [0.717, 1.165) is 37.9 Å². The van der Waals surface area contributed by atoms with Crippen LogP contribution in [0.15, 0.2) is 42.5 Å². The number of hydrogen-bond acceptors (Lipinski definition) is 5. The third kappa shape index (κ3) is 3.72. The number of carbonyl (C=O) groups is 1. The van der Waals surface area contributed by atoms with Crippen LogP contribution in [0.4, 0.5) is 0 Å². The first-order chi connectivity index (χ1) is 13.6. The van der Waals surface area contributed by atoms with Crippen molar-refractivity contribution in [2.45, 2.75) is 45.0 Å². The average molecular weight is 382 g/mol. The van der Waals surface area contributed by atoms with Gasteiger partial charge in [0, 0.05) is 25.0 Å². The Morgan fingerprint density at radius 3 is 2.57 bits per heavy atom. The molecular formula is C23H26O5. The summed E-state index contributed by atoms with van der Waals surface area (Å²) in [7, 11) is 1.38. The van der Waals surface area contributed by atoms with E-state index in [1.807, 2.05) is 25.1 Å². The Hall–Kier alpha value is -2.53. The van der Waals surface area contributed by atoms with E-state index in [1.54, 1.807) is 12.1 Å². The minimum absolute atomic E-state index is 0.357. The molecule has 4 rings (SSSR count). The summed E-state index contributed by atoms with van der Waals surface area (Å²) >= 11 is 0. The van der Waals surface area contributed by atoms with Crippen molar-refractivity contribution in [3.63, 3.8) is 0 Å². The van der Waals surface area contributed by atoms with E-state index in [9.17, 15) is 4.79 Å². The maximum atomic E-state index is 11.9. The molecule has 0 atom stereocenters. The Labute approximate surface area is 165 Å². The van der Waals surface area contributed by atoms with E-state index in [1.165, 1.54) is 12.7 Å². The average Bonchev–Trinajstić information content (AvgIpc) is 3.09. The number of methoxy groups -OCH3 is 1. The quantitative estimate of drug-likeness (QED) is 0.704. The van der Waals surface area contributed by atoms with Crippen LogP contribution < -0.4 is 9.47 Å². The highest BCUT2D eigenvalue weighted by Gasteiger charge is 2.45. The zero-order valence-corrected chi connectivity index (χ0v) is 16.4. The van der Waals surface area contributed by atoms with Crippen LogP contribution in [0.2, 0.25) is 0 Å². The zero-order valence-electron chi connectivity index (χ0n) is 16.4.